The van der Waals surface area contributed by atoms with Gasteiger partial charge in [-0.2, -0.15) is 0 Å². The molecule has 150 valence electrons. The Hall–Kier alpha value is -3.56. The molecule has 6 nitrogen and oxygen atoms in total. The first-order chi connectivity index (χ1) is 14.6. The molecule has 1 heterocycles. The molecule has 0 unspecified atom stereocenters. The molecule has 3 N–H and O–H groups in total. The minimum absolute atomic E-state index is 0.0346. The number of carbonyl (C=O) groups excluding carboxylic acids is 1. The molecule has 1 aromatic heterocycles. The summed E-state index contributed by atoms with van der Waals surface area (Å²) in [6, 6.07) is 16.4. The molecule has 1 amide bonds. The number of carbonyl (C=O) groups is 1. The first-order valence-corrected chi connectivity index (χ1v) is 9.87. The fourth-order valence-corrected chi connectivity index (χ4v) is 3.62. The molecule has 2 aromatic carbocycles. The smallest absolute Gasteiger partial charge is 0.407 e. The third-order valence-electron chi connectivity index (χ3n) is 4.84. The Morgan fingerprint density at radius 1 is 1.13 bits per heavy atom. The number of halogens is 1. The number of amides is 1. The Balaban J connectivity index is 1.30. The average Bonchev–Trinajstić information content (AvgIpc) is 3.08. The quantitative estimate of drug-likeness (QED) is 0.493. The van der Waals surface area contributed by atoms with Crippen LogP contribution in [-0.2, 0) is 4.74 Å². The number of nitrogens with zero attached hydrogens (tertiary/aromatic N) is 2. The third kappa shape index (κ3) is 4.22. The van der Waals surface area contributed by atoms with Crippen LogP contribution in [0.5, 0.6) is 0 Å². The maximum absolute atomic E-state index is 12.1. The van der Waals surface area contributed by atoms with Crippen LogP contribution < -0.4 is 11.1 Å². The Morgan fingerprint density at radius 3 is 2.50 bits per heavy atom. The van der Waals surface area contributed by atoms with E-state index in [0.717, 1.165) is 0 Å². The van der Waals surface area contributed by atoms with Gasteiger partial charge in [-0.3, -0.25) is 0 Å². The second kappa shape index (κ2) is 8.85. The predicted molar refractivity (Wildman–Crippen MR) is 116 cm³/mol. The van der Waals surface area contributed by atoms with E-state index in [1.807, 2.05) is 24.3 Å². The van der Waals surface area contributed by atoms with Crippen LogP contribution in [0.4, 0.5) is 10.6 Å². The van der Waals surface area contributed by atoms with Gasteiger partial charge in [0.2, 0.25) is 0 Å². The van der Waals surface area contributed by atoms with Gasteiger partial charge in [-0.05, 0) is 28.2 Å². The lowest BCUT2D eigenvalue weighted by Crippen LogP contribution is -2.26. The lowest BCUT2D eigenvalue weighted by Gasteiger charge is -2.14. The molecule has 0 spiro atoms. The van der Waals surface area contributed by atoms with Crippen LogP contribution in [-0.4, -0.2) is 29.2 Å². The first-order valence-electron chi connectivity index (χ1n) is 9.49. The maximum Gasteiger partial charge on any atom is 0.407 e. The number of fused-ring (bicyclic) bond motifs is 3. The zero-order valence-electron chi connectivity index (χ0n) is 16.1. The Labute approximate surface area is 179 Å². The summed E-state index contributed by atoms with van der Waals surface area (Å²) < 4.78 is 5.48. The number of nitrogens with one attached hydrogen (secondary N) is 1. The summed E-state index contributed by atoms with van der Waals surface area (Å²) in [6.07, 6.45) is 1.30. The highest BCUT2D eigenvalue weighted by atomic mass is 35.5. The van der Waals surface area contributed by atoms with Gasteiger partial charge in [0.15, 0.2) is 11.5 Å². The van der Waals surface area contributed by atoms with E-state index >= 15 is 0 Å². The fourth-order valence-electron chi connectivity index (χ4n) is 3.49. The number of nitrogen functional groups attached to an aromatic ring is 1. The van der Waals surface area contributed by atoms with Crippen LogP contribution in [0.1, 0.15) is 29.2 Å². The molecule has 0 fully saturated rings. The molecule has 7 heteroatoms. The molecule has 30 heavy (non-hydrogen) atoms. The van der Waals surface area contributed by atoms with E-state index in [4.69, 9.17) is 22.1 Å². The van der Waals surface area contributed by atoms with E-state index in [1.54, 1.807) is 0 Å². The summed E-state index contributed by atoms with van der Waals surface area (Å²) in [4.78, 5) is 20.0. The Bertz CT molecular complexity index is 1110. The van der Waals surface area contributed by atoms with E-state index in [2.05, 4.69) is 51.4 Å². The van der Waals surface area contributed by atoms with Crippen LogP contribution in [0.2, 0.25) is 5.15 Å². The molecule has 0 radical (unpaired) electrons. The molecular formula is C23H19ClN4O2. The summed E-state index contributed by atoms with van der Waals surface area (Å²) in [5.41, 5.74) is 10.8. The van der Waals surface area contributed by atoms with Crippen molar-refractivity contribution in [2.24, 2.45) is 0 Å². The number of nitrogens with two attached hydrogens (primary N) is 1. The molecule has 0 atom stereocenters. The van der Waals surface area contributed by atoms with Crippen molar-refractivity contribution in [3.63, 3.8) is 0 Å². The van der Waals surface area contributed by atoms with Crippen molar-refractivity contribution in [1.29, 1.82) is 0 Å². The van der Waals surface area contributed by atoms with Crippen molar-refractivity contribution in [2.75, 3.05) is 18.9 Å². The second-order valence-electron chi connectivity index (χ2n) is 6.73. The van der Waals surface area contributed by atoms with Crippen molar-refractivity contribution < 1.29 is 9.53 Å². The number of alkyl carbamates (subject to hydrolysis) is 1. The van der Waals surface area contributed by atoms with Crippen molar-refractivity contribution in [2.45, 2.75) is 12.3 Å². The van der Waals surface area contributed by atoms with Crippen LogP contribution in [0.15, 0.2) is 54.7 Å². The normalized spacial score (nSPS) is 11.8. The van der Waals surface area contributed by atoms with Gasteiger partial charge in [-0.1, -0.05) is 66.1 Å². The van der Waals surface area contributed by atoms with Crippen LogP contribution in [0, 0.1) is 11.8 Å². The molecule has 0 bridgehead atoms. The number of benzene rings is 2. The predicted octanol–water partition coefficient (Wildman–Crippen LogP) is 3.99. The van der Waals surface area contributed by atoms with E-state index in [0.29, 0.717) is 18.7 Å². The topological polar surface area (TPSA) is 90.1 Å². The standard InChI is InChI=1S/C23H19ClN4O2/c24-21-13-27-22(25)20(28-21)11-5-6-12-26-23(29)30-14-19-17-9-3-1-7-15(17)16-8-2-4-10-18(16)19/h1-4,7-10,13,19H,6,12,14H2,(H2,25,27)(H,26,29). The minimum atomic E-state index is -0.472. The Kier molecular flexibility index (Phi) is 5.82. The molecule has 4 rings (SSSR count). The highest BCUT2D eigenvalue weighted by molar-refractivity contribution is 6.29. The molecule has 1 aliphatic rings. The monoisotopic (exact) mass is 418 g/mol. The zero-order valence-corrected chi connectivity index (χ0v) is 16.8. The molecule has 0 aliphatic heterocycles. The lowest BCUT2D eigenvalue weighted by atomic mass is 9.98. The van der Waals surface area contributed by atoms with Gasteiger partial charge in [0, 0.05) is 18.9 Å². The van der Waals surface area contributed by atoms with Crippen molar-refractivity contribution in [3.05, 3.63) is 76.7 Å². The summed E-state index contributed by atoms with van der Waals surface area (Å²) in [5.74, 6) is 5.94. The molecule has 0 saturated carbocycles. The number of hydrogen-bond acceptors (Lipinski definition) is 5. The van der Waals surface area contributed by atoms with Gasteiger partial charge >= 0.3 is 6.09 Å². The van der Waals surface area contributed by atoms with Gasteiger partial charge in [0.05, 0.1) is 6.20 Å². The Morgan fingerprint density at radius 2 is 1.80 bits per heavy atom. The van der Waals surface area contributed by atoms with Gasteiger partial charge in [0.1, 0.15) is 11.8 Å². The fraction of sp³-hybridized carbons (Fsp3) is 0.174. The van der Waals surface area contributed by atoms with Crippen molar-refractivity contribution >= 4 is 23.5 Å². The number of ether oxygens (including phenoxy) is 1. The highest BCUT2D eigenvalue weighted by Crippen LogP contribution is 2.44. The SMILES string of the molecule is Nc1ncc(Cl)nc1C#CCCNC(=O)OCC1c2ccccc2-c2ccccc21. The molecule has 1 aliphatic carbocycles. The minimum Gasteiger partial charge on any atom is -0.449 e. The van der Waals surface area contributed by atoms with Crippen molar-refractivity contribution in [3.8, 4) is 23.0 Å². The molecular weight excluding hydrogens is 400 g/mol. The number of aromatic nitrogens is 2. The average molecular weight is 419 g/mol. The summed E-state index contributed by atoms with van der Waals surface area (Å²) >= 11 is 5.78. The van der Waals surface area contributed by atoms with Crippen molar-refractivity contribution in [1.82, 2.24) is 15.3 Å². The van der Waals surface area contributed by atoms with Gasteiger partial charge in [0.25, 0.3) is 0 Å². The highest BCUT2D eigenvalue weighted by Gasteiger charge is 2.28. The molecule has 0 saturated heterocycles. The van der Waals surface area contributed by atoms with E-state index < -0.39 is 6.09 Å². The number of rotatable bonds is 4. The summed E-state index contributed by atoms with van der Waals surface area (Å²) in [6.45, 7) is 0.623. The third-order valence-corrected chi connectivity index (χ3v) is 5.02. The van der Waals surface area contributed by atoms with Crippen LogP contribution in [0.3, 0.4) is 0 Å². The lowest BCUT2D eigenvalue weighted by molar-refractivity contribution is 0.143. The van der Waals surface area contributed by atoms with Gasteiger partial charge in [-0.25, -0.2) is 14.8 Å². The largest absolute Gasteiger partial charge is 0.449 e. The number of anilines is 1. The van der Waals surface area contributed by atoms with Gasteiger partial charge < -0.3 is 15.8 Å². The number of hydrogen-bond donors (Lipinski definition) is 2. The summed E-state index contributed by atoms with van der Waals surface area (Å²) in [7, 11) is 0. The van der Waals surface area contributed by atoms with Crippen LogP contribution in [0.25, 0.3) is 11.1 Å². The van der Waals surface area contributed by atoms with E-state index in [-0.39, 0.29) is 23.5 Å². The van der Waals surface area contributed by atoms with E-state index in [1.165, 1.54) is 28.5 Å². The molecule has 3 aromatic rings. The van der Waals surface area contributed by atoms with Crippen LogP contribution >= 0.6 is 11.6 Å². The zero-order chi connectivity index (χ0) is 20.9. The first kappa shape index (κ1) is 19.7. The second-order valence-corrected chi connectivity index (χ2v) is 7.12. The van der Waals surface area contributed by atoms with E-state index in [9.17, 15) is 4.79 Å². The summed E-state index contributed by atoms with van der Waals surface area (Å²) in [5, 5.41) is 2.94. The maximum atomic E-state index is 12.1. The van der Waals surface area contributed by atoms with Gasteiger partial charge in [-0.15, -0.1) is 0 Å².